The number of carbonyl (C=O) groups is 1. The van der Waals surface area contributed by atoms with Crippen molar-refractivity contribution >= 4 is 17.0 Å². The maximum Gasteiger partial charge on any atom is 0.335 e. The summed E-state index contributed by atoms with van der Waals surface area (Å²) in [6.07, 6.45) is 4.86. The van der Waals surface area contributed by atoms with Crippen LogP contribution >= 0.6 is 0 Å². The van der Waals surface area contributed by atoms with Crippen LogP contribution in [0.3, 0.4) is 0 Å². The Hall–Kier alpha value is -5.74. The number of aromatic carboxylic acids is 1. The van der Waals surface area contributed by atoms with Crippen molar-refractivity contribution in [1.29, 1.82) is 0 Å². The van der Waals surface area contributed by atoms with Crippen molar-refractivity contribution in [3.05, 3.63) is 119 Å². The van der Waals surface area contributed by atoms with Crippen molar-refractivity contribution in [2.45, 2.75) is 44.9 Å². The van der Waals surface area contributed by atoms with E-state index < -0.39 is 5.97 Å². The minimum absolute atomic E-state index is 0.0702. The van der Waals surface area contributed by atoms with E-state index in [1.807, 2.05) is 36.4 Å². The number of nitrogens with zero attached hydrogens (tertiary/aromatic N) is 4. The van der Waals surface area contributed by atoms with E-state index in [2.05, 4.69) is 39.9 Å². The van der Waals surface area contributed by atoms with Crippen LogP contribution < -0.4 is 14.2 Å². The molecule has 0 unspecified atom stereocenters. The number of rotatable bonds is 7. The fourth-order valence-corrected chi connectivity index (χ4v) is 6.57. The topological polar surface area (TPSA) is 118 Å². The first-order chi connectivity index (χ1) is 24.5. The lowest BCUT2D eigenvalue weighted by Crippen LogP contribution is -2.31. The first kappa shape index (κ1) is 31.5. The fourth-order valence-electron chi connectivity index (χ4n) is 6.57. The highest BCUT2D eigenvalue weighted by molar-refractivity contribution is 5.92. The molecule has 0 radical (unpaired) electrons. The van der Waals surface area contributed by atoms with E-state index in [0.29, 0.717) is 37.9 Å². The van der Waals surface area contributed by atoms with Crippen LogP contribution in [0.25, 0.3) is 33.4 Å². The summed E-state index contributed by atoms with van der Waals surface area (Å²) in [4.78, 5) is 25.9. The summed E-state index contributed by atoms with van der Waals surface area (Å²) in [7, 11) is 1.62. The smallest absolute Gasteiger partial charge is 0.335 e. The van der Waals surface area contributed by atoms with Crippen molar-refractivity contribution < 1.29 is 28.8 Å². The highest BCUT2D eigenvalue weighted by Crippen LogP contribution is 2.32. The van der Waals surface area contributed by atoms with Crippen LogP contribution in [0.1, 0.15) is 45.7 Å². The quantitative estimate of drug-likeness (QED) is 0.189. The van der Waals surface area contributed by atoms with Crippen LogP contribution in [0.4, 0.5) is 0 Å². The number of hydrogen-bond donors (Lipinski definition) is 1. The molecule has 0 saturated carbocycles. The van der Waals surface area contributed by atoms with Gasteiger partial charge in [0.05, 0.1) is 48.7 Å². The van der Waals surface area contributed by atoms with Gasteiger partial charge in [0.15, 0.2) is 0 Å². The van der Waals surface area contributed by atoms with Crippen LogP contribution in [0.15, 0.2) is 91.1 Å². The number of hydrogen-bond acceptors (Lipinski definition) is 8. The van der Waals surface area contributed by atoms with E-state index in [9.17, 15) is 9.90 Å². The monoisotopic (exact) mass is 668 g/mol. The van der Waals surface area contributed by atoms with Crippen LogP contribution in [0.2, 0.25) is 0 Å². The van der Waals surface area contributed by atoms with E-state index in [0.717, 1.165) is 82.0 Å². The van der Waals surface area contributed by atoms with Gasteiger partial charge < -0.3 is 28.6 Å². The molecule has 1 fully saturated rings. The van der Waals surface area contributed by atoms with Gasteiger partial charge in [0.1, 0.15) is 18.2 Å². The normalized spacial score (nSPS) is 15.6. The summed E-state index contributed by atoms with van der Waals surface area (Å²) in [6, 6.07) is 27.4. The number of ether oxygens (including phenoxy) is 4. The van der Waals surface area contributed by atoms with Gasteiger partial charge in [-0.25, -0.2) is 19.7 Å². The number of aromatic nitrogens is 4. The molecule has 0 spiro atoms. The SMILES string of the molecule is COc1cc(-c2ccc3c(c2)CCCOc2cc(ccc2Cc2nc4ccc(C(=O)O)cc4n2C[C@@H]2CCO2)-c2cccc(n2)OC3)ccn1. The number of imidazole rings is 1. The van der Waals surface area contributed by atoms with E-state index in [1.54, 1.807) is 31.5 Å². The molecule has 252 valence electrons. The van der Waals surface area contributed by atoms with E-state index in [-0.39, 0.29) is 11.7 Å². The van der Waals surface area contributed by atoms with Gasteiger partial charge >= 0.3 is 5.97 Å². The Kier molecular flexibility index (Phi) is 8.60. The predicted molar refractivity (Wildman–Crippen MR) is 188 cm³/mol. The zero-order chi connectivity index (χ0) is 34.0. The van der Waals surface area contributed by atoms with Gasteiger partial charge in [-0.2, -0.15) is 0 Å². The van der Waals surface area contributed by atoms with Crippen LogP contribution in [0, 0.1) is 0 Å². The molecule has 1 saturated heterocycles. The summed E-state index contributed by atoms with van der Waals surface area (Å²) >= 11 is 0. The Morgan fingerprint density at radius 1 is 0.920 bits per heavy atom. The third-order valence-electron chi connectivity index (χ3n) is 9.40. The van der Waals surface area contributed by atoms with Crippen molar-refractivity contribution in [1.82, 2.24) is 19.5 Å². The van der Waals surface area contributed by atoms with Crippen LogP contribution in [-0.4, -0.2) is 57.0 Å². The number of pyridine rings is 2. The zero-order valence-corrected chi connectivity index (χ0v) is 27.7. The third kappa shape index (κ3) is 6.49. The van der Waals surface area contributed by atoms with Crippen LogP contribution in [0.5, 0.6) is 17.5 Å². The lowest BCUT2D eigenvalue weighted by Gasteiger charge is -2.27. The summed E-state index contributed by atoms with van der Waals surface area (Å²) in [5, 5.41) is 9.68. The highest BCUT2D eigenvalue weighted by atomic mass is 16.5. The molecule has 5 heterocycles. The van der Waals surface area contributed by atoms with Gasteiger partial charge in [-0.05, 0) is 77.9 Å². The van der Waals surface area contributed by atoms with Gasteiger partial charge in [0, 0.05) is 42.5 Å². The van der Waals surface area contributed by atoms with Gasteiger partial charge in [-0.1, -0.05) is 36.4 Å². The number of benzene rings is 3. The van der Waals surface area contributed by atoms with Gasteiger partial charge in [-0.15, -0.1) is 0 Å². The molecule has 10 nitrogen and oxygen atoms in total. The fraction of sp³-hybridized carbons (Fsp3) is 0.250. The molecule has 0 amide bonds. The number of methoxy groups -OCH3 is 1. The lowest BCUT2D eigenvalue weighted by molar-refractivity contribution is -0.0589. The molecular formula is C40H36N4O6. The molecule has 0 aliphatic carbocycles. The average Bonchev–Trinajstić information content (AvgIpc) is 3.46. The molecule has 3 aromatic carbocycles. The number of carboxylic acid groups (broad SMARTS) is 1. The summed E-state index contributed by atoms with van der Waals surface area (Å²) < 4.78 is 26.1. The summed E-state index contributed by atoms with van der Waals surface area (Å²) in [5.41, 5.74) is 8.83. The van der Waals surface area contributed by atoms with Crippen LogP contribution in [-0.2, 0) is 30.7 Å². The molecule has 8 rings (SSSR count). The number of aryl methyl sites for hydroxylation is 1. The maximum absolute atomic E-state index is 11.8. The Labute approximate surface area is 289 Å². The van der Waals surface area contributed by atoms with E-state index in [4.69, 9.17) is 28.9 Å². The Bertz CT molecular complexity index is 2210. The third-order valence-corrected chi connectivity index (χ3v) is 9.40. The molecule has 3 aromatic heterocycles. The van der Waals surface area contributed by atoms with Crippen molar-refractivity contribution in [2.24, 2.45) is 0 Å². The van der Waals surface area contributed by atoms with E-state index in [1.165, 1.54) is 5.56 Å². The number of fused-ring (bicyclic) bond motifs is 7. The molecule has 2 aliphatic heterocycles. The largest absolute Gasteiger partial charge is 0.493 e. The molecule has 6 aromatic rings. The predicted octanol–water partition coefficient (Wildman–Crippen LogP) is 7.15. The Morgan fingerprint density at radius 2 is 1.80 bits per heavy atom. The lowest BCUT2D eigenvalue weighted by atomic mass is 9.97. The molecule has 10 heteroatoms. The standard InChI is InChI=1S/C40H36N4O6/c1-47-39-22-27(13-15-41-39)26-7-10-31-24-50-38-6-2-5-33(43-38)28-8-9-29(36(20-28)49-16-3-4-25(31)18-26)21-37-42-34-12-11-30(40(45)46)19-35(34)44(37)23-32-14-17-48-32/h2,5-13,15,18-20,22,32H,3-4,14,16-17,21,23-24H2,1H3,(H,45,46)/t32-/m0/s1. The minimum atomic E-state index is -0.966. The summed E-state index contributed by atoms with van der Waals surface area (Å²) in [5.74, 6) is 1.74. The van der Waals surface area contributed by atoms with Crippen molar-refractivity contribution in [3.63, 3.8) is 0 Å². The first-order valence-electron chi connectivity index (χ1n) is 16.8. The van der Waals surface area contributed by atoms with Crippen molar-refractivity contribution in [2.75, 3.05) is 20.3 Å². The molecule has 4 bridgehead atoms. The van der Waals surface area contributed by atoms with Gasteiger partial charge in [0.25, 0.3) is 0 Å². The first-order valence-corrected chi connectivity index (χ1v) is 16.8. The molecule has 2 aliphatic rings. The van der Waals surface area contributed by atoms with Gasteiger partial charge in [-0.3, -0.25) is 0 Å². The average molecular weight is 669 g/mol. The molecule has 1 N–H and O–H groups in total. The molecule has 50 heavy (non-hydrogen) atoms. The summed E-state index contributed by atoms with van der Waals surface area (Å²) in [6.45, 7) is 2.24. The second-order valence-electron chi connectivity index (χ2n) is 12.6. The second kappa shape index (κ2) is 13.6. The second-order valence-corrected chi connectivity index (χ2v) is 12.6. The van der Waals surface area contributed by atoms with Crippen molar-refractivity contribution in [3.8, 4) is 39.9 Å². The maximum atomic E-state index is 11.8. The zero-order valence-electron chi connectivity index (χ0n) is 27.7. The van der Waals surface area contributed by atoms with E-state index >= 15 is 0 Å². The molecule has 1 atom stereocenters. The Balaban J connectivity index is 1.13. The Morgan fingerprint density at radius 3 is 2.64 bits per heavy atom. The van der Waals surface area contributed by atoms with Gasteiger partial charge in [0.2, 0.25) is 11.8 Å². The number of carboxylic acids is 1. The minimum Gasteiger partial charge on any atom is -0.493 e. The molecular weight excluding hydrogens is 632 g/mol. The highest BCUT2D eigenvalue weighted by Gasteiger charge is 2.23.